The zero-order valence-electron chi connectivity index (χ0n) is 7.92. The quantitative estimate of drug-likeness (QED) is 0.731. The number of rotatable bonds is 3. The van der Waals surface area contributed by atoms with Gasteiger partial charge in [-0.15, -0.1) is 0 Å². The van der Waals surface area contributed by atoms with E-state index < -0.39 is 0 Å². The number of hydrogen-bond acceptors (Lipinski definition) is 3. The maximum atomic E-state index is 5.07. The van der Waals surface area contributed by atoms with E-state index in [1.165, 1.54) is 0 Å². The lowest BCUT2D eigenvalue weighted by molar-refractivity contribution is 0.414. The molecule has 0 N–H and O–H groups in total. The number of ether oxygens (including phenoxy) is 1. The van der Waals surface area contributed by atoms with Crippen molar-refractivity contribution < 1.29 is 4.74 Å². The van der Waals surface area contributed by atoms with Crippen molar-refractivity contribution in [1.82, 2.24) is 15.0 Å². The summed E-state index contributed by atoms with van der Waals surface area (Å²) >= 11 is 0. The predicted molar refractivity (Wildman–Crippen MR) is 52.1 cm³/mol. The summed E-state index contributed by atoms with van der Waals surface area (Å²) in [6, 6.07) is 7.86. The number of aromatic nitrogens is 3. The third kappa shape index (κ3) is 1.90. The van der Waals surface area contributed by atoms with Crippen LogP contribution in [0.3, 0.4) is 0 Å². The van der Waals surface area contributed by atoms with Crippen LogP contribution < -0.4 is 4.74 Å². The molecule has 1 heterocycles. The minimum atomic E-state index is 0.691. The van der Waals surface area contributed by atoms with Crippen molar-refractivity contribution in [3.05, 3.63) is 42.2 Å². The first kappa shape index (κ1) is 8.74. The zero-order chi connectivity index (χ0) is 9.80. The lowest BCUT2D eigenvalue weighted by atomic mass is 10.2. The van der Waals surface area contributed by atoms with Crippen molar-refractivity contribution in [1.29, 1.82) is 0 Å². The SMILES string of the molecule is COc1ccc(Cn2nccn2)cc1. The third-order valence-corrected chi connectivity index (χ3v) is 1.95. The van der Waals surface area contributed by atoms with Crippen molar-refractivity contribution in [2.75, 3.05) is 7.11 Å². The molecule has 0 fully saturated rings. The molecule has 2 rings (SSSR count). The molecule has 0 saturated heterocycles. The molecule has 0 bridgehead atoms. The lowest BCUT2D eigenvalue weighted by Gasteiger charge is -2.02. The normalized spacial score (nSPS) is 10.1. The first-order chi connectivity index (χ1) is 6.88. The highest BCUT2D eigenvalue weighted by atomic mass is 16.5. The van der Waals surface area contributed by atoms with Crippen molar-refractivity contribution in [3.8, 4) is 5.75 Å². The molecule has 0 aliphatic carbocycles. The van der Waals surface area contributed by atoms with Gasteiger partial charge in [-0.3, -0.25) is 0 Å². The highest BCUT2D eigenvalue weighted by Gasteiger charge is 1.96. The second-order valence-electron chi connectivity index (χ2n) is 2.91. The largest absolute Gasteiger partial charge is 0.497 e. The van der Waals surface area contributed by atoms with Crippen LogP contribution in [0.2, 0.25) is 0 Å². The van der Waals surface area contributed by atoms with E-state index >= 15 is 0 Å². The summed E-state index contributed by atoms with van der Waals surface area (Å²) in [5, 5.41) is 8.06. The van der Waals surface area contributed by atoms with Gasteiger partial charge in [0, 0.05) is 0 Å². The van der Waals surface area contributed by atoms with Crippen molar-refractivity contribution in [2.24, 2.45) is 0 Å². The van der Waals surface area contributed by atoms with Gasteiger partial charge in [-0.25, -0.2) is 0 Å². The summed E-state index contributed by atoms with van der Waals surface area (Å²) in [7, 11) is 1.66. The van der Waals surface area contributed by atoms with Crippen LogP contribution in [0.1, 0.15) is 5.56 Å². The Hall–Kier alpha value is -1.84. The highest BCUT2D eigenvalue weighted by Crippen LogP contribution is 2.11. The summed E-state index contributed by atoms with van der Waals surface area (Å²) in [6.07, 6.45) is 3.34. The summed E-state index contributed by atoms with van der Waals surface area (Å²) < 4.78 is 5.07. The second-order valence-corrected chi connectivity index (χ2v) is 2.91. The minimum Gasteiger partial charge on any atom is -0.497 e. The Morgan fingerprint density at radius 1 is 1.14 bits per heavy atom. The molecule has 0 saturated carbocycles. The van der Waals surface area contributed by atoms with E-state index in [0.29, 0.717) is 6.54 Å². The molecule has 1 aromatic carbocycles. The van der Waals surface area contributed by atoms with Crippen LogP contribution in [0.25, 0.3) is 0 Å². The van der Waals surface area contributed by atoms with E-state index in [1.807, 2.05) is 24.3 Å². The first-order valence-corrected chi connectivity index (χ1v) is 4.35. The van der Waals surface area contributed by atoms with Crippen LogP contribution in [0.5, 0.6) is 5.75 Å². The number of benzene rings is 1. The highest BCUT2D eigenvalue weighted by molar-refractivity contribution is 5.26. The lowest BCUT2D eigenvalue weighted by Crippen LogP contribution is -2.03. The van der Waals surface area contributed by atoms with E-state index in [-0.39, 0.29) is 0 Å². The first-order valence-electron chi connectivity index (χ1n) is 4.35. The van der Waals surface area contributed by atoms with Gasteiger partial charge in [0.1, 0.15) is 5.75 Å². The van der Waals surface area contributed by atoms with Gasteiger partial charge in [0.25, 0.3) is 0 Å². The summed E-state index contributed by atoms with van der Waals surface area (Å²) in [5.74, 6) is 0.863. The molecule has 14 heavy (non-hydrogen) atoms. The molecule has 0 radical (unpaired) electrons. The molecule has 0 spiro atoms. The molecule has 0 aliphatic heterocycles. The van der Waals surface area contributed by atoms with Crippen LogP contribution in [-0.2, 0) is 6.54 Å². The number of methoxy groups -OCH3 is 1. The number of nitrogens with zero attached hydrogens (tertiary/aromatic N) is 3. The molecular formula is C10H11N3O. The Morgan fingerprint density at radius 2 is 1.79 bits per heavy atom. The van der Waals surface area contributed by atoms with Crippen LogP contribution in [0, 0.1) is 0 Å². The smallest absolute Gasteiger partial charge is 0.118 e. The Labute approximate surface area is 82.1 Å². The number of hydrogen-bond donors (Lipinski definition) is 0. The molecule has 0 aliphatic rings. The minimum absolute atomic E-state index is 0.691. The maximum absolute atomic E-state index is 5.07. The molecule has 72 valence electrons. The molecule has 1 aromatic heterocycles. The molecule has 0 unspecified atom stereocenters. The van der Waals surface area contributed by atoms with Crippen molar-refractivity contribution >= 4 is 0 Å². The maximum Gasteiger partial charge on any atom is 0.118 e. The molecule has 4 nitrogen and oxygen atoms in total. The van der Waals surface area contributed by atoms with Crippen LogP contribution in [0.15, 0.2) is 36.7 Å². The van der Waals surface area contributed by atoms with E-state index in [4.69, 9.17) is 4.74 Å². The van der Waals surface area contributed by atoms with Gasteiger partial charge in [0.2, 0.25) is 0 Å². The fourth-order valence-corrected chi connectivity index (χ4v) is 1.22. The average Bonchev–Trinajstić information content (AvgIpc) is 2.72. The fraction of sp³-hybridized carbons (Fsp3) is 0.200. The van der Waals surface area contributed by atoms with Crippen molar-refractivity contribution in [3.63, 3.8) is 0 Å². The Balaban J connectivity index is 2.10. The van der Waals surface area contributed by atoms with Gasteiger partial charge in [0.15, 0.2) is 0 Å². The molecule has 0 atom stereocenters. The Kier molecular flexibility index (Phi) is 2.44. The Morgan fingerprint density at radius 3 is 2.36 bits per heavy atom. The average molecular weight is 189 g/mol. The van der Waals surface area contributed by atoms with Gasteiger partial charge < -0.3 is 4.74 Å². The van der Waals surface area contributed by atoms with E-state index in [0.717, 1.165) is 11.3 Å². The monoisotopic (exact) mass is 189 g/mol. The van der Waals surface area contributed by atoms with Gasteiger partial charge in [-0.1, -0.05) is 12.1 Å². The van der Waals surface area contributed by atoms with Crippen LogP contribution in [0.4, 0.5) is 0 Å². The molecular weight excluding hydrogens is 178 g/mol. The van der Waals surface area contributed by atoms with Crippen LogP contribution >= 0.6 is 0 Å². The third-order valence-electron chi connectivity index (χ3n) is 1.95. The zero-order valence-corrected chi connectivity index (χ0v) is 7.92. The van der Waals surface area contributed by atoms with E-state index in [2.05, 4.69) is 10.2 Å². The van der Waals surface area contributed by atoms with Gasteiger partial charge in [-0.05, 0) is 17.7 Å². The predicted octanol–water partition coefficient (Wildman–Crippen LogP) is 1.33. The van der Waals surface area contributed by atoms with Crippen LogP contribution in [-0.4, -0.2) is 22.1 Å². The summed E-state index contributed by atoms with van der Waals surface area (Å²) in [4.78, 5) is 1.64. The van der Waals surface area contributed by atoms with Gasteiger partial charge >= 0.3 is 0 Å². The Bertz CT molecular complexity index is 380. The molecule has 4 heteroatoms. The van der Waals surface area contributed by atoms with Crippen molar-refractivity contribution in [2.45, 2.75) is 6.54 Å². The summed E-state index contributed by atoms with van der Waals surface area (Å²) in [5.41, 5.74) is 1.15. The molecule has 2 aromatic rings. The fourth-order valence-electron chi connectivity index (χ4n) is 1.22. The standard InChI is InChI=1S/C10H11N3O/c1-14-10-4-2-9(3-5-10)8-13-11-6-7-12-13/h2-7H,8H2,1H3. The van der Waals surface area contributed by atoms with E-state index in [9.17, 15) is 0 Å². The summed E-state index contributed by atoms with van der Waals surface area (Å²) in [6.45, 7) is 0.691. The van der Waals surface area contributed by atoms with Gasteiger partial charge in [0.05, 0.1) is 26.0 Å². The van der Waals surface area contributed by atoms with E-state index in [1.54, 1.807) is 24.3 Å². The molecule has 0 amide bonds. The second kappa shape index (κ2) is 3.91. The van der Waals surface area contributed by atoms with Gasteiger partial charge in [-0.2, -0.15) is 15.0 Å². The topological polar surface area (TPSA) is 39.9 Å².